The first-order valence-electron chi connectivity index (χ1n) is 10.9. The van der Waals surface area contributed by atoms with E-state index in [4.69, 9.17) is 4.74 Å². The van der Waals surface area contributed by atoms with Crippen LogP contribution in [0, 0.1) is 5.92 Å². The number of benzene rings is 2. The van der Waals surface area contributed by atoms with Crippen LogP contribution in [0.3, 0.4) is 0 Å². The lowest BCUT2D eigenvalue weighted by Gasteiger charge is -2.22. The molecule has 0 bridgehead atoms. The van der Waals surface area contributed by atoms with Crippen molar-refractivity contribution in [2.75, 3.05) is 9.80 Å². The zero-order chi connectivity index (χ0) is 25.7. The molecule has 2 aromatic carbocycles. The molecule has 0 N–H and O–H groups in total. The van der Waals surface area contributed by atoms with Crippen molar-refractivity contribution in [1.82, 2.24) is 4.98 Å². The van der Waals surface area contributed by atoms with Gasteiger partial charge in [-0.1, -0.05) is 25.1 Å². The van der Waals surface area contributed by atoms with Crippen molar-refractivity contribution in [3.05, 3.63) is 78.5 Å². The van der Waals surface area contributed by atoms with Gasteiger partial charge in [0.05, 0.1) is 16.9 Å². The summed E-state index contributed by atoms with van der Waals surface area (Å²) in [5, 5.41) is 0. The van der Waals surface area contributed by atoms with Crippen LogP contribution in [0.2, 0.25) is 0 Å². The summed E-state index contributed by atoms with van der Waals surface area (Å²) in [6.45, 7) is 1.82. The number of anilines is 2. The Kier molecular flexibility index (Phi) is 5.42. The van der Waals surface area contributed by atoms with E-state index in [0.29, 0.717) is 17.7 Å². The maximum absolute atomic E-state index is 13.5. The van der Waals surface area contributed by atoms with Gasteiger partial charge in [0.2, 0.25) is 5.88 Å². The third-order valence-corrected chi connectivity index (χ3v) is 6.14. The minimum atomic E-state index is -4.87. The van der Waals surface area contributed by atoms with Gasteiger partial charge in [-0.2, -0.15) is 0 Å². The Bertz CT molecular complexity index is 1350. The molecule has 2 atom stereocenters. The van der Waals surface area contributed by atoms with E-state index in [0.717, 1.165) is 17.0 Å². The smallest absolute Gasteiger partial charge is 0.406 e. The van der Waals surface area contributed by atoms with Crippen LogP contribution < -0.4 is 19.3 Å². The Labute approximate surface area is 202 Å². The lowest BCUT2D eigenvalue weighted by atomic mass is 10.1. The van der Waals surface area contributed by atoms with E-state index in [2.05, 4.69) is 9.72 Å². The Morgan fingerprint density at radius 3 is 2.31 bits per heavy atom. The van der Waals surface area contributed by atoms with Crippen molar-refractivity contribution in [2.24, 2.45) is 5.92 Å². The highest BCUT2D eigenvalue weighted by molar-refractivity contribution is 6.31. The summed E-state index contributed by atoms with van der Waals surface area (Å²) < 4.78 is 46.7. The molecular formula is C25H18F3N3O5. The fraction of sp³-hybridized carbons (Fsp3) is 0.200. The number of aromatic nitrogens is 1. The van der Waals surface area contributed by atoms with Gasteiger partial charge in [-0.05, 0) is 54.8 Å². The van der Waals surface area contributed by atoms with Gasteiger partial charge in [0.1, 0.15) is 11.3 Å². The quantitative estimate of drug-likeness (QED) is 0.366. The minimum absolute atomic E-state index is 0.0582. The molecule has 1 aliphatic carbocycles. The number of pyridine rings is 1. The molecule has 36 heavy (non-hydrogen) atoms. The van der Waals surface area contributed by atoms with Gasteiger partial charge in [-0.15, -0.1) is 13.2 Å². The zero-order valence-corrected chi connectivity index (χ0v) is 18.7. The average Bonchev–Trinajstić information content (AvgIpc) is 3.45. The van der Waals surface area contributed by atoms with Crippen LogP contribution >= 0.6 is 0 Å². The Morgan fingerprint density at radius 2 is 1.69 bits per heavy atom. The SMILES string of the molecule is CC1CC12C(=O)N(c1ccc(OC(F)(F)F)cc1)C(=O)N2c1ccnc(OC(=O)c2ccccc2)c1. The number of nitrogens with zero attached hydrogens (tertiary/aromatic N) is 3. The van der Waals surface area contributed by atoms with Crippen LogP contribution in [0.4, 0.5) is 29.3 Å². The van der Waals surface area contributed by atoms with Crippen LogP contribution in [0.1, 0.15) is 23.7 Å². The first kappa shape index (κ1) is 23.3. The molecule has 3 aromatic rings. The largest absolute Gasteiger partial charge is 0.573 e. The third-order valence-electron chi connectivity index (χ3n) is 6.14. The van der Waals surface area contributed by atoms with Crippen LogP contribution in [-0.4, -0.2) is 34.8 Å². The van der Waals surface area contributed by atoms with Crippen molar-refractivity contribution in [3.8, 4) is 11.6 Å². The minimum Gasteiger partial charge on any atom is -0.406 e. The highest BCUT2D eigenvalue weighted by Gasteiger charge is 2.70. The van der Waals surface area contributed by atoms with Crippen molar-refractivity contribution in [2.45, 2.75) is 25.2 Å². The van der Waals surface area contributed by atoms with E-state index in [9.17, 15) is 27.6 Å². The molecule has 1 aliphatic heterocycles. The normalized spacial score (nSPS) is 21.2. The number of ether oxygens (including phenoxy) is 2. The molecule has 1 aromatic heterocycles. The maximum atomic E-state index is 13.5. The lowest BCUT2D eigenvalue weighted by Crippen LogP contribution is -2.39. The molecule has 1 saturated carbocycles. The highest BCUT2D eigenvalue weighted by atomic mass is 19.4. The van der Waals surface area contributed by atoms with Gasteiger partial charge < -0.3 is 9.47 Å². The number of amides is 3. The summed E-state index contributed by atoms with van der Waals surface area (Å²) in [4.78, 5) is 45.6. The van der Waals surface area contributed by atoms with E-state index in [1.165, 1.54) is 35.4 Å². The van der Waals surface area contributed by atoms with Gasteiger partial charge in [0.15, 0.2) is 0 Å². The summed E-state index contributed by atoms with van der Waals surface area (Å²) in [7, 11) is 0. The summed E-state index contributed by atoms with van der Waals surface area (Å²) >= 11 is 0. The van der Waals surface area contributed by atoms with Crippen molar-refractivity contribution in [1.29, 1.82) is 0 Å². The highest BCUT2D eigenvalue weighted by Crippen LogP contribution is 2.55. The lowest BCUT2D eigenvalue weighted by molar-refractivity contribution is -0.274. The number of carbonyl (C=O) groups is 3. The van der Waals surface area contributed by atoms with Crippen LogP contribution in [0.25, 0.3) is 0 Å². The number of esters is 1. The standard InChI is InChI=1S/C25H18F3N3O5/c1-15-14-24(15)22(33)30(17-7-9-19(10-8-17)36-25(26,27)28)23(34)31(24)18-11-12-29-20(13-18)35-21(32)16-5-3-2-4-6-16/h2-13,15H,14H2,1H3. The fourth-order valence-electron chi connectivity index (χ4n) is 4.35. The van der Waals surface area contributed by atoms with E-state index < -0.39 is 35.6 Å². The molecule has 2 unspecified atom stereocenters. The van der Waals surface area contributed by atoms with Gasteiger partial charge in [0.25, 0.3) is 5.91 Å². The molecule has 3 amide bonds. The number of rotatable bonds is 5. The van der Waals surface area contributed by atoms with Gasteiger partial charge in [-0.3, -0.25) is 9.69 Å². The van der Waals surface area contributed by atoms with Crippen LogP contribution in [0.5, 0.6) is 11.6 Å². The van der Waals surface area contributed by atoms with Gasteiger partial charge >= 0.3 is 18.4 Å². The average molecular weight is 497 g/mol. The summed E-state index contributed by atoms with van der Waals surface area (Å²) in [6.07, 6.45) is -3.12. The number of imide groups is 1. The van der Waals surface area contributed by atoms with Crippen molar-refractivity contribution in [3.63, 3.8) is 0 Å². The maximum Gasteiger partial charge on any atom is 0.573 e. The molecule has 1 saturated heterocycles. The number of hydrogen-bond acceptors (Lipinski definition) is 6. The molecule has 0 radical (unpaired) electrons. The van der Waals surface area contributed by atoms with Crippen LogP contribution in [-0.2, 0) is 4.79 Å². The fourth-order valence-corrected chi connectivity index (χ4v) is 4.35. The Hall–Kier alpha value is -4.41. The van der Waals surface area contributed by atoms with Gasteiger partial charge in [-0.25, -0.2) is 19.5 Å². The molecule has 5 rings (SSSR count). The second-order valence-corrected chi connectivity index (χ2v) is 8.44. The number of carbonyl (C=O) groups excluding carboxylic acids is 3. The second-order valence-electron chi connectivity index (χ2n) is 8.44. The Balaban J connectivity index is 1.43. The van der Waals surface area contributed by atoms with E-state index >= 15 is 0 Å². The van der Waals surface area contributed by atoms with E-state index in [1.807, 2.05) is 6.92 Å². The third kappa shape index (κ3) is 4.02. The number of alkyl halides is 3. The summed E-state index contributed by atoms with van der Waals surface area (Å²) in [5.41, 5.74) is -0.442. The number of urea groups is 1. The zero-order valence-electron chi connectivity index (χ0n) is 18.7. The first-order valence-corrected chi connectivity index (χ1v) is 10.9. The van der Waals surface area contributed by atoms with Crippen molar-refractivity contribution >= 4 is 29.3 Å². The van der Waals surface area contributed by atoms with Crippen LogP contribution in [0.15, 0.2) is 72.9 Å². The number of halogens is 3. The molecule has 2 aliphatic rings. The Morgan fingerprint density at radius 1 is 1.03 bits per heavy atom. The molecule has 184 valence electrons. The van der Waals surface area contributed by atoms with E-state index in [-0.39, 0.29) is 17.5 Å². The van der Waals surface area contributed by atoms with Gasteiger partial charge in [0, 0.05) is 12.3 Å². The van der Waals surface area contributed by atoms with E-state index in [1.54, 1.807) is 30.3 Å². The molecule has 2 heterocycles. The topological polar surface area (TPSA) is 89.0 Å². The molecule has 2 fully saturated rings. The predicted molar refractivity (Wildman–Crippen MR) is 121 cm³/mol. The first-order chi connectivity index (χ1) is 17.1. The number of hydrogen-bond donors (Lipinski definition) is 0. The second kappa shape index (κ2) is 8.36. The monoisotopic (exact) mass is 497 g/mol. The molecule has 8 nitrogen and oxygen atoms in total. The molecule has 11 heteroatoms. The van der Waals surface area contributed by atoms with Crippen molar-refractivity contribution < 1.29 is 37.0 Å². The summed E-state index contributed by atoms with van der Waals surface area (Å²) in [6, 6.07) is 15.0. The molecule has 1 spiro atoms. The predicted octanol–water partition coefficient (Wildman–Crippen LogP) is 4.95. The molecular weight excluding hydrogens is 479 g/mol. The summed E-state index contributed by atoms with van der Waals surface area (Å²) in [5.74, 6) is -1.84.